The molecule has 0 bridgehead atoms. The maximum atomic E-state index is 13.4. The number of thioether (sulfide) groups is 1. The van der Waals surface area contributed by atoms with Crippen molar-refractivity contribution in [3.05, 3.63) is 34.6 Å². The summed E-state index contributed by atoms with van der Waals surface area (Å²) in [6.07, 6.45) is 2.53. The lowest BCUT2D eigenvalue weighted by Crippen LogP contribution is -2.38. The number of halogens is 2. The number of nitrogens with one attached hydrogen (secondary N) is 1. The van der Waals surface area contributed by atoms with Crippen LogP contribution in [0.5, 0.6) is 0 Å². The van der Waals surface area contributed by atoms with Crippen molar-refractivity contribution in [3.8, 4) is 0 Å². The molecule has 1 aromatic carbocycles. The molecule has 0 saturated carbocycles. The summed E-state index contributed by atoms with van der Waals surface area (Å²) in [6.45, 7) is 0. The molecule has 0 aliphatic rings. The molecule has 0 aliphatic carbocycles. The summed E-state index contributed by atoms with van der Waals surface area (Å²) in [7, 11) is 0. The summed E-state index contributed by atoms with van der Waals surface area (Å²) in [5, 5.41) is 0.548. The first-order valence-electron chi connectivity index (χ1n) is 4.56. The highest BCUT2D eigenvalue weighted by atomic mass is 35.5. The zero-order valence-corrected chi connectivity index (χ0v) is 10.0. The van der Waals surface area contributed by atoms with Gasteiger partial charge in [-0.2, -0.15) is 11.8 Å². The molecule has 3 N–H and O–H groups in total. The Hall–Kier alpha value is -0.290. The van der Waals surface area contributed by atoms with Crippen LogP contribution in [0.2, 0.25) is 5.02 Å². The number of nitrogens with two attached hydrogens (primary N) is 1. The molecule has 1 aromatic rings. The summed E-state index contributed by atoms with van der Waals surface area (Å²) in [5.74, 6) is 5.98. The van der Waals surface area contributed by atoms with E-state index in [0.29, 0.717) is 17.0 Å². The van der Waals surface area contributed by atoms with Gasteiger partial charge >= 0.3 is 0 Å². The Balaban J connectivity index is 2.73. The zero-order chi connectivity index (χ0) is 11.3. The third kappa shape index (κ3) is 3.99. The van der Waals surface area contributed by atoms with Crippen molar-refractivity contribution in [3.63, 3.8) is 0 Å². The molecule has 2 nitrogen and oxygen atoms in total. The standard InChI is InChI=1S/C10H14ClFN2S/c1-15-6-9(14-13)5-7-4-8(11)2-3-10(7)12/h2-4,9,14H,5-6,13H2,1H3. The van der Waals surface area contributed by atoms with E-state index < -0.39 is 0 Å². The van der Waals surface area contributed by atoms with Gasteiger partial charge in [0.15, 0.2) is 0 Å². The number of hydrogen-bond donors (Lipinski definition) is 2. The number of hydrazine groups is 1. The monoisotopic (exact) mass is 248 g/mol. The Kier molecular flexibility index (Phi) is 5.39. The van der Waals surface area contributed by atoms with Crippen LogP contribution >= 0.6 is 23.4 Å². The third-order valence-electron chi connectivity index (χ3n) is 2.08. The normalized spacial score (nSPS) is 12.8. The fourth-order valence-electron chi connectivity index (χ4n) is 1.33. The molecule has 1 atom stereocenters. The maximum Gasteiger partial charge on any atom is 0.126 e. The quantitative estimate of drug-likeness (QED) is 0.620. The average Bonchev–Trinajstić information content (AvgIpc) is 2.22. The van der Waals surface area contributed by atoms with Gasteiger partial charge in [-0.3, -0.25) is 11.3 Å². The SMILES string of the molecule is CSCC(Cc1cc(Cl)ccc1F)NN. The Labute approximate surface area is 98.3 Å². The minimum atomic E-state index is -0.235. The zero-order valence-electron chi connectivity index (χ0n) is 8.47. The maximum absolute atomic E-state index is 13.4. The van der Waals surface area contributed by atoms with Crippen LogP contribution in [0.25, 0.3) is 0 Å². The van der Waals surface area contributed by atoms with Gasteiger partial charge in [0, 0.05) is 16.8 Å². The molecule has 1 unspecified atom stereocenters. The summed E-state index contributed by atoms with van der Waals surface area (Å²) in [5.41, 5.74) is 3.26. The van der Waals surface area contributed by atoms with E-state index in [-0.39, 0.29) is 11.9 Å². The van der Waals surface area contributed by atoms with Crippen molar-refractivity contribution < 1.29 is 4.39 Å². The molecule has 15 heavy (non-hydrogen) atoms. The minimum Gasteiger partial charge on any atom is -0.271 e. The van der Waals surface area contributed by atoms with Gasteiger partial charge in [0.05, 0.1) is 0 Å². The van der Waals surface area contributed by atoms with Crippen LogP contribution in [-0.4, -0.2) is 18.1 Å². The smallest absolute Gasteiger partial charge is 0.126 e. The highest BCUT2D eigenvalue weighted by molar-refractivity contribution is 7.98. The first-order chi connectivity index (χ1) is 7.17. The Morgan fingerprint density at radius 3 is 2.93 bits per heavy atom. The van der Waals surface area contributed by atoms with Crippen LogP contribution in [0, 0.1) is 5.82 Å². The van der Waals surface area contributed by atoms with Gasteiger partial charge in [-0.05, 0) is 36.4 Å². The number of benzene rings is 1. The molecular weight excluding hydrogens is 235 g/mol. The lowest BCUT2D eigenvalue weighted by molar-refractivity contribution is 0.547. The van der Waals surface area contributed by atoms with Crippen LogP contribution in [0.1, 0.15) is 5.56 Å². The van der Waals surface area contributed by atoms with Gasteiger partial charge in [-0.1, -0.05) is 11.6 Å². The minimum absolute atomic E-state index is 0.0629. The topological polar surface area (TPSA) is 38.0 Å². The summed E-state index contributed by atoms with van der Waals surface area (Å²) in [4.78, 5) is 0. The summed E-state index contributed by atoms with van der Waals surface area (Å²) >= 11 is 7.46. The molecule has 0 heterocycles. The molecule has 84 valence electrons. The molecule has 0 aliphatic heterocycles. The summed E-state index contributed by atoms with van der Waals surface area (Å²) < 4.78 is 13.4. The van der Waals surface area contributed by atoms with Crippen LogP contribution < -0.4 is 11.3 Å². The largest absolute Gasteiger partial charge is 0.271 e. The first kappa shape index (κ1) is 12.8. The molecule has 0 saturated heterocycles. The van der Waals surface area contributed by atoms with Crippen LogP contribution in [0.4, 0.5) is 4.39 Å². The van der Waals surface area contributed by atoms with Crippen molar-refractivity contribution >= 4 is 23.4 Å². The lowest BCUT2D eigenvalue weighted by Gasteiger charge is -2.14. The van der Waals surface area contributed by atoms with E-state index in [2.05, 4.69) is 5.43 Å². The van der Waals surface area contributed by atoms with Gasteiger partial charge in [0.2, 0.25) is 0 Å². The molecule has 0 radical (unpaired) electrons. The molecule has 0 aromatic heterocycles. The van der Waals surface area contributed by atoms with Crippen molar-refractivity contribution in [2.24, 2.45) is 5.84 Å². The summed E-state index contributed by atoms with van der Waals surface area (Å²) in [6, 6.07) is 4.62. The number of hydrogen-bond acceptors (Lipinski definition) is 3. The Morgan fingerprint density at radius 1 is 1.60 bits per heavy atom. The second-order valence-electron chi connectivity index (χ2n) is 3.26. The van der Waals surface area contributed by atoms with E-state index in [9.17, 15) is 4.39 Å². The van der Waals surface area contributed by atoms with E-state index in [1.165, 1.54) is 6.07 Å². The Bertz CT molecular complexity index is 322. The van der Waals surface area contributed by atoms with Crippen LogP contribution in [-0.2, 0) is 6.42 Å². The third-order valence-corrected chi connectivity index (χ3v) is 3.05. The van der Waals surface area contributed by atoms with Gasteiger partial charge in [-0.25, -0.2) is 4.39 Å². The van der Waals surface area contributed by atoms with Gasteiger partial charge < -0.3 is 0 Å². The van der Waals surface area contributed by atoms with E-state index in [4.69, 9.17) is 17.4 Å². The average molecular weight is 249 g/mol. The second kappa shape index (κ2) is 6.33. The fourth-order valence-corrected chi connectivity index (χ4v) is 2.14. The fraction of sp³-hybridized carbons (Fsp3) is 0.400. The van der Waals surface area contributed by atoms with E-state index in [1.54, 1.807) is 23.9 Å². The highest BCUT2D eigenvalue weighted by Gasteiger charge is 2.10. The van der Waals surface area contributed by atoms with E-state index >= 15 is 0 Å². The lowest BCUT2D eigenvalue weighted by atomic mass is 10.1. The van der Waals surface area contributed by atoms with Crippen molar-refractivity contribution in [2.45, 2.75) is 12.5 Å². The van der Waals surface area contributed by atoms with Crippen LogP contribution in [0.3, 0.4) is 0 Å². The molecule has 0 amide bonds. The molecular formula is C10H14ClFN2S. The molecule has 1 rings (SSSR count). The first-order valence-corrected chi connectivity index (χ1v) is 6.33. The molecule has 0 fully saturated rings. The van der Waals surface area contributed by atoms with Gasteiger partial charge in [0.25, 0.3) is 0 Å². The predicted octanol–water partition coefficient (Wildman–Crippen LogP) is 2.22. The van der Waals surface area contributed by atoms with E-state index in [0.717, 1.165) is 5.75 Å². The molecule has 0 spiro atoms. The molecule has 5 heteroatoms. The highest BCUT2D eigenvalue weighted by Crippen LogP contribution is 2.17. The number of rotatable bonds is 5. The van der Waals surface area contributed by atoms with Crippen molar-refractivity contribution in [1.82, 2.24) is 5.43 Å². The Morgan fingerprint density at radius 2 is 2.33 bits per heavy atom. The van der Waals surface area contributed by atoms with Crippen molar-refractivity contribution in [2.75, 3.05) is 12.0 Å². The van der Waals surface area contributed by atoms with Gasteiger partial charge in [-0.15, -0.1) is 0 Å². The van der Waals surface area contributed by atoms with Crippen molar-refractivity contribution in [1.29, 1.82) is 0 Å². The van der Waals surface area contributed by atoms with Gasteiger partial charge in [0.1, 0.15) is 5.82 Å². The van der Waals surface area contributed by atoms with Crippen LogP contribution in [0.15, 0.2) is 18.2 Å². The predicted molar refractivity (Wildman–Crippen MR) is 64.6 cm³/mol. The second-order valence-corrected chi connectivity index (χ2v) is 4.61. The van der Waals surface area contributed by atoms with E-state index in [1.807, 2.05) is 6.26 Å².